The number of nitrogens with zero attached hydrogens (tertiary/aromatic N) is 2. The summed E-state index contributed by atoms with van der Waals surface area (Å²) in [5.74, 6) is 0.181. The monoisotopic (exact) mass is 297 g/mol. The maximum absolute atomic E-state index is 12.2. The van der Waals surface area contributed by atoms with Crippen molar-refractivity contribution in [2.24, 2.45) is 5.10 Å². The van der Waals surface area contributed by atoms with Crippen LogP contribution in [-0.2, 0) is 9.84 Å². The van der Waals surface area contributed by atoms with Crippen LogP contribution in [0.25, 0.3) is 0 Å². The summed E-state index contributed by atoms with van der Waals surface area (Å²) in [5.41, 5.74) is 2.91. The summed E-state index contributed by atoms with van der Waals surface area (Å²) in [7, 11) is -2.08. The van der Waals surface area contributed by atoms with Crippen molar-refractivity contribution in [2.45, 2.75) is 11.8 Å². The van der Waals surface area contributed by atoms with Crippen LogP contribution in [0.5, 0.6) is 5.75 Å². The Balaban J connectivity index is 2.18. The molecule has 20 heavy (non-hydrogen) atoms. The summed E-state index contributed by atoms with van der Waals surface area (Å²) in [4.78, 5) is 12.9. The number of amides is 2. The number of hydrazone groups is 1. The highest BCUT2D eigenvalue weighted by Gasteiger charge is 2.25. The normalized spacial score (nSPS) is 15.6. The van der Waals surface area contributed by atoms with Crippen LogP contribution in [0.1, 0.15) is 6.92 Å². The Hall–Kier alpha value is -2.09. The number of hydrogen-bond acceptors (Lipinski definition) is 5. The predicted octanol–water partition coefficient (Wildman–Crippen LogP) is 0.827. The lowest BCUT2D eigenvalue weighted by Crippen LogP contribution is -2.47. The number of sulfone groups is 1. The average molecular weight is 297 g/mol. The van der Waals surface area contributed by atoms with Crippen LogP contribution < -0.4 is 10.2 Å². The molecule has 2 rings (SSSR count). The zero-order chi connectivity index (χ0) is 14.8. The highest BCUT2D eigenvalue weighted by atomic mass is 32.2. The van der Waals surface area contributed by atoms with Crippen molar-refractivity contribution in [3.05, 3.63) is 24.3 Å². The minimum Gasteiger partial charge on any atom is -0.497 e. The first-order valence-electron chi connectivity index (χ1n) is 5.87. The van der Waals surface area contributed by atoms with Gasteiger partial charge in [0.05, 0.1) is 24.3 Å². The zero-order valence-corrected chi connectivity index (χ0v) is 12.0. The highest BCUT2D eigenvalue weighted by Crippen LogP contribution is 2.17. The smallest absolute Gasteiger partial charge is 0.339 e. The van der Waals surface area contributed by atoms with E-state index in [2.05, 4.69) is 10.5 Å². The van der Waals surface area contributed by atoms with E-state index in [0.717, 1.165) is 0 Å². The first kappa shape index (κ1) is 14.3. The minimum atomic E-state index is -3.59. The first-order valence-corrected chi connectivity index (χ1v) is 7.52. The lowest BCUT2D eigenvalue weighted by Gasteiger charge is -2.25. The number of ether oxygens (including phenoxy) is 1. The summed E-state index contributed by atoms with van der Waals surface area (Å²) < 4.78 is 29.5. The van der Waals surface area contributed by atoms with E-state index in [1.165, 1.54) is 24.1 Å². The second-order valence-electron chi connectivity index (χ2n) is 4.38. The maximum Gasteiger partial charge on any atom is 0.339 e. The molecule has 0 aliphatic carbocycles. The molecular formula is C12H15N3O4S. The standard InChI is InChI=1S/C12H15N3O4S/c1-9-7-15(12(16)14-13-9)8-20(17,18)11-5-3-10(19-2)4-6-11/h3-6H,7-8H2,1-2H3,(H,14,16). The van der Waals surface area contributed by atoms with E-state index in [1.54, 1.807) is 19.1 Å². The Morgan fingerprint density at radius 2 is 2.00 bits per heavy atom. The molecule has 0 bridgehead atoms. The molecule has 2 amide bonds. The Morgan fingerprint density at radius 3 is 2.60 bits per heavy atom. The molecule has 0 saturated heterocycles. The molecule has 0 spiro atoms. The largest absolute Gasteiger partial charge is 0.497 e. The van der Waals surface area contributed by atoms with Gasteiger partial charge in [-0.2, -0.15) is 5.10 Å². The summed E-state index contributed by atoms with van der Waals surface area (Å²) in [6.07, 6.45) is 0. The van der Waals surface area contributed by atoms with E-state index in [-0.39, 0.29) is 11.4 Å². The fraction of sp³-hybridized carbons (Fsp3) is 0.333. The summed E-state index contributed by atoms with van der Waals surface area (Å²) in [6.45, 7) is 1.91. The molecule has 8 heteroatoms. The predicted molar refractivity (Wildman–Crippen MR) is 73.4 cm³/mol. The van der Waals surface area contributed by atoms with Crippen LogP contribution in [0.4, 0.5) is 4.79 Å². The fourth-order valence-corrected chi connectivity index (χ4v) is 3.08. The molecule has 0 fully saturated rings. The highest BCUT2D eigenvalue weighted by molar-refractivity contribution is 7.91. The second kappa shape index (κ2) is 5.49. The summed E-state index contributed by atoms with van der Waals surface area (Å²) in [6, 6.07) is 5.52. The Labute approximate surface area is 117 Å². The molecule has 7 nitrogen and oxygen atoms in total. The summed E-state index contributed by atoms with van der Waals surface area (Å²) in [5, 5.41) is 3.75. The fourth-order valence-electron chi connectivity index (χ4n) is 1.76. The average Bonchev–Trinajstić information content (AvgIpc) is 2.43. The molecule has 0 radical (unpaired) electrons. The lowest BCUT2D eigenvalue weighted by atomic mass is 10.3. The van der Waals surface area contributed by atoms with Crippen LogP contribution in [0, 0.1) is 0 Å². The third-order valence-corrected chi connectivity index (χ3v) is 4.44. The molecule has 1 heterocycles. The molecule has 1 aromatic carbocycles. The number of methoxy groups -OCH3 is 1. The Kier molecular flexibility index (Phi) is 3.93. The third-order valence-electron chi connectivity index (χ3n) is 2.79. The van der Waals surface area contributed by atoms with Crippen molar-refractivity contribution in [1.29, 1.82) is 0 Å². The van der Waals surface area contributed by atoms with Gasteiger partial charge in [-0.05, 0) is 31.2 Å². The summed E-state index contributed by atoms with van der Waals surface area (Å²) >= 11 is 0. The molecule has 108 valence electrons. The number of carbonyl (C=O) groups excluding carboxylic acids is 1. The van der Waals surface area contributed by atoms with Gasteiger partial charge < -0.3 is 9.64 Å². The van der Waals surface area contributed by atoms with Gasteiger partial charge in [0.1, 0.15) is 11.6 Å². The second-order valence-corrected chi connectivity index (χ2v) is 6.34. The molecule has 0 atom stereocenters. The van der Waals surface area contributed by atoms with Gasteiger partial charge in [-0.25, -0.2) is 18.6 Å². The number of nitrogens with one attached hydrogen (secondary N) is 1. The van der Waals surface area contributed by atoms with Crippen molar-refractivity contribution < 1.29 is 17.9 Å². The van der Waals surface area contributed by atoms with E-state index in [4.69, 9.17) is 4.74 Å². The molecule has 1 N–H and O–H groups in total. The van der Waals surface area contributed by atoms with E-state index in [9.17, 15) is 13.2 Å². The molecule has 0 saturated carbocycles. The minimum absolute atomic E-state index is 0.145. The van der Waals surface area contributed by atoms with Gasteiger partial charge >= 0.3 is 6.03 Å². The number of carbonyl (C=O) groups is 1. The SMILES string of the molecule is COc1ccc(S(=O)(=O)CN2CC(C)=NNC2=O)cc1. The first-order chi connectivity index (χ1) is 9.42. The molecule has 0 aromatic heterocycles. The van der Waals surface area contributed by atoms with Crippen LogP contribution in [0.2, 0.25) is 0 Å². The van der Waals surface area contributed by atoms with E-state index in [1.807, 2.05) is 0 Å². The van der Waals surface area contributed by atoms with E-state index < -0.39 is 21.7 Å². The molecule has 1 aliphatic rings. The molecule has 1 aliphatic heterocycles. The maximum atomic E-state index is 12.2. The van der Waals surface area contributed by atoms with Gasteiger partial charge in [-0.3, -0.25) is 0 Å². The van der Waals surface area contributed by atoms with E-state index >= 15 is 0 Å². The van der Waals surface area contributed by atoms with Gasteiger partial charge in [-0.15, -0.1) is 0 Å². The molecule has 1 aromatic rings. The zero-order valence-electron chi connectivity index (χ0n) is 11.2. The van der Waals surface area contributed by atoms with Crippen molar-refractivity contribution in [3.8, 4) is 5.75 Å². The van der Waals surface area contributed by atoms with Gasteiger partial charge in [0.2, 0.25) is 0 Å². The Morgan fingerprint density at radius 1 is 1.35 bits per heavy atom. The number of rotatable bonds is 4. The van der Waals surface area contributed by atoms with Crippen molar-refractivity contribution in [1.82, 2.24) is 10.3 Å². The lowest BCUT2D eigenvalue weighted by molar-refractivity contribution is 0.209. The van der Waals surface area contributed by atoms with Crippen molar-refractivity contribution >= 4 is 21.6 Å². The van der Waals surface area contributed by atoms with Gasteiger partial charge in [-0.1, -0.05) is 0 Å². The number of hydrogen-bond donors (Lipinski definition) is 1. The number of urea groups is 1. The van der Waals surface area contributed by atoms with Gasteiger partial charge in [0.15, 0.2) is 9.84 Å². The van der Waals surface area contributed by atoms with Crippen LogP contribution in [0.3, 0.4) is 0 Å². The van der Waals surface area contributed by atoms with Crippen molar-refractivity contribution in [2.75, 3.05) is 19.5 Å². The van der Waals surface area contributed by atoms with Crippen LogP contribution in [-0.4, -0.2) is 44.6 Å². The number of benzene rings is 1. The molecule has 0 unspecified atom stereocenters. The quantitative estimate of drug-likeness (QED) is 0.891. The van der Waals surface area contributed by atoms with Gasteiger partial charge in [0.25, 0.3) is 0 Å². The van der Waals surface area contributed by atoms with Crippen LogP contribution in [0.15, 0.2) is 34.3 Å². The van der Waals surface area contributed by atoms with Crippen LogP contribution >= 0.6 is 0 Å². The molecular weight excluding hydrogens is 282 g/mol. The third kappa shape index (κ3) is 3.08. The topological polar surface area (TPSA) is 88.1 Å². The van der Waals surface area contributed by atoms with E-state index in [0.29, 0.717) is 11.5 Å². The van der Waals surface area contributed by atoms with Crippen molar-refractivity contribution in [3.63, 3.8) is 0 Å². The van der Waals surface area contributed by atoms with Gasteiger partial charge in [0, 0.05) is 0 Å². The Bertz CT molecular complexity index is 637.